The van der Waals surface area contributed by atoms with Crippen LogP contribution in [0.15, 0.2) is 48.7 Å². The van der Waals surface area contributed by atoms with E-state index < -0.39 is 6.09 Å². The predicted octanol–water partition coefficient (Wildman–Crippen LogP) is 6.94. The second-order valence-corrected chi connectivity index (χ2v) is 9.83. The molecular weight excluding hydrogens is 483 g/mol. The smallest absolute Gasteiger partial charge is 0.412 e. The number of hydrogen-bond donors (Lipinski definition) is 1. The second-order valence-electron chi connectivity index (χ2n) is 9.02. The summed E-state index contributed by atoms with van der Waals surface area (Å²) >= 11 is 12.5. The lowest BCUT2D eigenvalue weighted by atomic mass is 9.76. The number of halogens is 2. The van der Waals surface area contributed by atoms with E-state index in [1.807, 2.05) is 36.4 Å². The van der Waals surface area contributed by atoms with Crippen molar-refractivity contribution >= 4 is 40.8 Å². The number of anilines is 1. The van der Waals surface area contributed by atoms with Crippen LogP contribution in [0.3, 0.4) is 0 Å². The molecule has 1 atom stereocenters. The van der Waals surface area contributed by atoms with Crippen molar-refractivity contribution in [2.75, 3.05) is 25.5 Å². The molecule has 6 nitrogen and oxygen atoms in total. The summed E-state index contributed by atoms with van der Waals surface area (Å²) in [6, 6.07) is 13.7. The van der Waals surface area contributed by atoms with Crippen molar-refractivity contribution in [2.24, 2.45) is 0 Å². The number of pyridine rings is 1. The zero-order chi connectivity index (χ0) is 24.5. The van der Waals surface area contributed by atoms with Gasteiger partial charge >= 0.3 is 6.09 Å². The van der Waals surface area contributed by atoms with E-state index in [1.54, 1.807) is 6.20 Å². The Labute approximate surface area is 214 Å². The third kappa shape index (κ3) is 4.72. The molecule has 0 radical (unpaired) electrons. The van der Waals surface area contributed by atoms with Gasteiger partial charge < -0.3 is 9.64 Å². The minimum atomic E-state index is -0.574. The Morgan fingerprint density at radius 2 is 1.94 bits per heavy atom. The molecule has 0 bridgehead atoms. The van der Waals surface area contributed by atoms with Crippen molar-refractivity contribution in [2.45, 2.75) is 31.3 Å². The Bertz CT molecular complexity index is 1330. The Morgan fingerprint density at radius 1 is 1.17 bits per heavy atom. The summed E-state index contributed by atoms with van der Waals surface area (Å²) in [4.78, 5) is 23.1. The lowest BCUT2D eigenvalue weighted by Gasteiger charge is -2.30. The van der Waals surface area contributed by atoms with Gasteiger partial charge in [-0.05, 0) is 66.3 Å². The molecule has 1 fully saturated rings. The van der Waals surface area contributed by atoms with Crippen LogP contribution in [0.1, 0.15) is 35.4 Å². The van der Waals surface area contributed by atoms with Crippen LogP contribution in [0.2, 0.25) is 10.0 Å². The van der Waals surface area contributed by atoms with Gasteiger partial charge in [0, 0.05) is 25.2 Å². The van der Waals surface area contributed by atoms with E-state index >= 15 is 0 Å². The Morgan fingerprint density at radius 3 is 2.69 bits per heavy atom. The first-order valence-corrected chi connectivity index (χ1v) is 12.3. The summed E-state index contributed by atoms with van der Waals surface area (Å²) in [5.41, 5.74) is 5.16. The topological polar surface area (TPSA) is 58.8 Å². The highest BCUT2D eigenvalue weighted by Gasteiger charge is 2.30. The van der Waals surface area contributed by atoms with E-state index in [9.17, 15) is 4.79 Å². The lowest BCUT2D eigenvalue weighted by molar-refractivity contribution is 0.0661. The molecule has 2 heterocycles. The molecular formula is C27H24Cl2N4O2. The summed E-state index contributed by atoms with van der Waals surface area (Å²) < 4.78 is 5.61. The minimum absolute atomic E-state index is 0.0436. The first-order chi connectivity index (χ1) is 16.9. The number of aromatic nitrogens is 1. The van der Waals surface area contributed by atoms with Gasteiger partial charge in [0.2, 0.25) is 5.69 Å². The van der Waals surface area contributed by atoms with Gasteiger partial charge in [-0.15, -0.1) is 0 Å². The van der Waals surface area contributed by atoms with Crippen LogP contribution in [0.5, 0.6) is 0 Å². The standard InChI is InChI=1S/C27H24Cl2N4O2/c1-30-25-24-17(15-31-26(25)32-27(34)35-18-9-11-33(2)12-10-18)13-21(19-5-3-4-6-20(19)24)16-7-8-22(28)23(29)14-16/h3-8,14-15,18,21H,9-13H2,2H3,(H,31,32,34). The van der Waals surface area contributed by atoms with Crippen molar-refractivity contribution in [3.63, 3.8) is 0 Å². The monoisotopic (exact) mass is 506 g/mol. The maximum atomic E-state index is 12.6. The van der Waals surface area contributed by atoms with Crippen LogP contribution in [-0.2, 0) is 11.2 Å². The average molecular weight is 507 g/mol. The molecule has 2 aromatic carbocycles. The fourth-order valence-corrected chi connectivity index (χ4v) is 5.27. The zero-order valence-electron chi connectivity index (χ0n) is 19.2. The third-order valence-electron chi connectivity index (χ3n) is 6.78. The molecule has 3 aromatic rings. The molecule has 1 aliphatic heterocycles. The molecule has 1 aromatic heterocycles. The summed E-state index contributed by atoms with van der Waals surface area (Å²) in [5, 5.41) is 3.75. The van der Waals surface area contributed by atoms with Crippen molar-refractivity contribution in [1.29, 1.82) is 0 Å². The van der Waals surface area contributed by atoms with Gasteiger partial charge in [-0.25, -0.2) is 9.64 Å². The number of piperidine rings is 1. The van der Waals surface area contributed by atoms with Crippen LogP contribution in [0.25, 0.3) is 16.0 Å². The van der Waals surface area contributed by atoms with E-state index in [-0.39, 0.29) is 17.8 Å². The summed E-state index contributed by atoms with van der Waals surface area (Å²) in [6.45, 7) is 9.68. The largest absolute Gasteiger partial charge is 0.446 e. The first kappa shape index (κ1) is 23.6. The minimum Gasteiger partial charge on any atom is -0.446 e. The SMILES string of the molecule is [C-]#[N+]c1c(NC(=O)OC2CCN(C)CC2)ncc2c1-c1ccccc1C(c1ccc(Cl)c(Cl)c1)C2. The zero-order valence-corrected chi connectivity index (χ0v) is 20.7. The quantitative estimate of drug-likeness (QED) is 0.391. The van der Waals surface area contributed by atoms with Crippen LogP contribution in [0.4, 0.5) is 16.3 Å². The lowest BCUT2D eigenvalue weighted by Crippen LogP contribution is -2.36. The molecule has 178 valence electrons. The molecule has 8 heteroatoms. The molecule has 0 saturated carbocycles. The predicted molar refractivity (Wildman–Crippen MR) is 139 cm³/mol. The molecule has 1 aliphatic carbocycles. The summed E-state index contributed by atoms with van der Waals surface area (Å²) in [5.74, 6) is 0.265. The van der Waals surface area contributed by atoms with E-state index in [0.29, 0.717) is 22.2 Å². The molecule has 1 saturated heterocycles. The number of carbonyl (C=O) groups excluding carboxylic acids is 1. The summed E-state index contributed by atoms with van der Waals surface area (Å²) in [7, 11) is 2.05. The number of hydrogen-bond acceptors (Lipinski definition) is 4. The van der Waals surface area contributed by atoms with Crippen LogP contribution in [-0.4, -0.2) is 42.2 Å². The first-order valence-electron chi connectivity index (χ1n) is 11.5. The van der Waals surface area contributed by atoms with Gasteiger partial charge in [-0.3, -0.25) is 10.3 Å². The number of benzene rings is 2. The number of fused-ring (bicyclic) bond motifs is 3. The Hall–Kier alpha value is -3.11. The van der Waals surface area contributed by atoms with Gasteiger partial charge in [0.15, 0.2) is 0 Å². The molecule has 2 aliphatic rings. The maximum absolute atomic E-state index is 12.6. The number of nitrogens with zero attached hydrogens (tertiary/aromatic N) is 3. The van der Waals surface area contributed by atoms with Crippen LogP contribution < -0.4 is 5.32 Å². The normalized spacial score (nSPS) is 17.7. The number of likely N-dealkylation sites (tertiary alicyclic amines) is 1. The van der Waals surface area contributed by atoms with Crippen LogP contribution in [0, 0.1) is 6.57 Å². The van der Waals surface area contributed by atoms with Gasteiger partial charge in [0.05, 0.1) is 16.6 Å². The van der Waals surface area contributed by atoms with E-state index in [2.05, 4.69) is 33.2 Å². The van der Waals surface area contributed by atoms with Gasteiger partial charge in [-0.2, -0.15) is 0 Å². The second kappa shape index (κ2) is 9.87. The fourth-order valence-electron chi connectivity index (χ4n) is 4.96. The van der Waals surface area contributed by atoms with Crippen LogP contribution >= 0.6 is 23.2 Å². The number of rotatable bonds is 3. The highest BCUT2D eigenvalue weighted by Crippen LogP contribution is 2.48. The van der Waals surface area contributed by atoms with E-state index in [0.717, 1.165) is 53.7 Å². The molecule has 5 rings (SSSR count). The average Bonchev–Trinajstić information content (AvgIpc) is 2.86. The Balaban J connectivity index is 1.47. The highest BCUT2D eigenvalue weighted by molar-refractivity contribution is 6.42. The third-order valence-corrected chi connectivity index (χ3v) is 7.52. The van der Waals surface area contributed by atoms with E-state index in [4.69, 9.17) is 34.5 Å². The van der Waals surface area contributed by atoms with Crippen molar-refractivity contribution in [3.05, 3.63) is 86.8 Å². The number of nitrogens with one attached hydrogen (secondary N) is 1. The summed E-state index contributed by atoms with van der Waals surface area (Å²) in [6.07, 6.45) is 3.28. The molecule has 1 unspecified atom stereocenters. The fraction of sp³-hybridized carbons (Fsp3) is 0.296. The van der Waals surface area contributed by atoms with Crippen molar-refractivity contribution in [3.8, 4) is 11.1 Å². The highest BCUT2D eigenvalue weighted by atomic mass is 35.5. The number of amides is 1. The molecule has 1 N–H and O–H groups in total. The van der Waals surface area contributed by atoms with Crippen molar-refractivity contribution < 1.29 is 9.53 Å². The maximum Gasteiger partial charge on any atom is 0.412 e. The van der Waals surface area contributed by atoms with Gasteiger partial charge in [0.25, 0.3) is 0 Å². The van der Waals surface area contributed by atoms with Gasteiger partial charge in [-0.1, -0.05) is 53.5 Å². The van der Waals surface area contributed by atoms with Gasteiger partial charge in [0.1, 0.15) is 11.9 Å². The number of ether oxygens (including phenoxy) is 1. The molecule has 1 amide bonds. The molecule has 0 spiro atoms. The molecule has 35 heavy (non-hydrogen) atoms. The Kier molecular flexibility index (Phi) is 6.66. The number of carbonyl (C=O) groups is 1. The van der Waals surface area contributed by atoms with Crippen molar-refractivity contribution in [1.82, 2.24) is 9.88 Å². The van der Waals surface area contributed by atoms with E-state index in [1.165, 1.54) is 0 Å².